The van der Waals surface area contributed by atoms with Crippen molar-refractivity contribution in [2.75, 3.05) is 25.9 Å². The molecule has 23 heavy (non-hydrogen) atoms. The molecule has 0 atom stereocenters. The number of hydrogen-bond donors (Lipinski definition) is 1. The Balaban J connectivity index is 4.63. The largest absolute Gasteiger partial charge is 0.444 e. The van der Waals surface area contributed by atoms with E-state index in [2.05, 4.69) is 25.4 Å². The SMILES string of the molecule is CCC(CC)(CNCCN(C(=O)OC(C)(C)C)C(C)(C)C)SC. The van der Waals surface area contributed by atoms with E-state index in [9.17, 15) is 4.79 Å². The number of carbonyl (C=O) groups is 1. The number of nitrogens with zero attached hydrogens (tertiary/aromatic N) is 1. The zero-order chi connectivity index (χ0) is 18.3. The average Bonchev–Trinajstić information content (AvgIpc) is 2.40. The molecule has 0 aliphatic rings. The molecule has 0 aliphatic heterocycles. The van der Waals surface area contributed by atoms with Crippen LogP contribution < -0.4 is 5.32 Å². The fraction of sp³-hybridized carbons (Fsp3) is 0.944. The fourth-order valence-corrected chi connectivity index (χ4v) is 3.21. The van der Waals surface area contributed by atoms with E-state index in [1.54, 1.807) is 0 Å². The van der Waals surface area contributed by atoms with E-state index in [1.165, 1.54) is 0 Å². The van der Waals surface area contributed by atoms with Crippen molar-refractivity contribution in [1.29, 1.82) is 0 Å². The Morgan fingerprint density at radius 2 is 1.61 bits per heavy atom. The molecular weight excluding hydrogens is 308 g/mol. The van der Waals surface area contributed by atoms with Crippen LogP contribution in [0.5, 0.6) is 0 Å². The highest BCUT2D eigenvalue weighted by Crippen LogP contribution is 2.29. The van der Waals surface area contributed by atoms with E-state index in [-0.39, 0.29) is 11.6 Å². The van der Waals surface area contributed by atoms with Crippen molar-refractivity contribution < 1.29 is 9.53 Å². The van der Waals surface area contributed by atoms with E-state index < -0.39 is 5.60 Å². The molecule has 5 heteroatoms. The molecule has 1 N–H and O–H groups in total. The lowest BCUT2D eigenvalue weighted by Crippen LogP contribution is -2.51. The zero-order valence-electron chi connectivity index (χ0n) is 16.7. The molecule has 0 heterocycles. The van der Waals surface area contributed by atoms with Crippen LogP contribution in [0.25, 0.3) is 0 Å². The molecule has 0 aromatic rings. The third-order valence-corrected chi connectivity index (χ3v) is 5.69. The first kappa shape index (κ1) is 22.6. The Bertz CT molecular complexity index is 347. The van der Waals surface area contributed by atoms with E-state index in [1.807, 2.05) is 58.2 Å². The van der Waals surface area contributed by atoms with Gasteiger partial charge in [0.05, 0.1) is 0 Å². The molecule has 0 aromatic carbocycles. The lowest BCUT2D eigenvalue weighted by atomic mass is 10.0. The van der Waals surface area contributed by atoms with Gasteiger partial charge in [0.25, 0.3) is 0 Å². The number of ether oxygens (including phenoxy) is 1. The zero-order valence-corrected chi connectivity index (χ0v) is 17.5. The van der Waals surface area contributed by atoms with Gasteiger partial charge < -0.3 is 15.0 Å². The van der Waals surface area contributed by atoms with Gasteiger partial charge in [0, 0.05) is 29.9 Å². The van der Waals surface area contributed by atoms with E-state index >= 15 is 0 Å². The maximum absolute atomic E-state index is 12.4. The van der Waals surface area contributed by atoms with Crippen molar-refractivity contribution in [2.45, 2.75) is 84.1 Å². The third kappa shape index (κ3) is 8.30. The van der Waals surface area contributed by atoms with Crippen LogP contribution in [0.3, 0.4) is 0 Å². The van der Waals surface area contributed by atoms with Gasteiger partial charge in [0.1, 0.15) is 5.60 Å². The van der Waals surface area contributed by atoms with Gasteiger partial charge in [0.15, 0.2) is 0 Å². The first-order chi connectivity index (χ1) is 10.4. The molecule has 0 spiro atoms. The first-order valence-corrected chi connectivity index (χ1v) is 9.89. The molecule has 0 bridgehead atoms. The predicted molar refractivity (Wildman–Crippen MR) is 102 cm³/mol. The molecule has 0 unspecified atom stereocenters. The summed E-state index contributed by atoms with van der Waals surface area (Å²) >= 11 is 1.93. The van der Waals surface area contributed by atoms with Crippen LogP contribution in [0, 0.1) is 0 Å². The summed E-state index contributed by atoms with van der Waals surface area (Å²) in [6, 6.07) is 0. The molecule has 0 fully saturated rings. The van der Waals surface area contributed by atoms with Crippen molar-refractivity contribution in [1.82, 2.24) is 10.2 Å². The Hall–Kier alpha value is -0.420. The standard InChI is InChI=1S/C18H38N2O2S/c1-10-18(11-2,23-9)14-19-12-13-20(16(3,4)5)15(21)22-17(6,7)8/h19H,10-14H2,1-9H3. The highest BCUT2D eigenvalue weighted by Gasteiger charge is 2.30. The van der Waals surface area contributed by atoms with Crippen molar-refractivity contribution in [3.63, 3.8) is 0 Å². The molecule has 0 aliphatic carbocycles. The monoisotopic (exact) mass is 346 g/mol. The van der Waals surface area contributed by atoms with Gasteiger partial charge in [-0.05, 0) is 60.6 Å². The van der Waals surface area contributed by atoms with Gasteiger partial charge in [-0.2, -0.15) is 11.8 Å². The Labute approximate surface area is 148 Å². The van der Waals surface area contributed by atoms with Crippen molar-refractivity contribution in [3.05, 3.63) is 0 Å². The molecule has 4 nitrogen and oxygen atoms in total. The Morgan fingerprint density at radius 1 is 1.09 bits per heavy atom. The van der Waals surface area contributed by atoms with Crippen LogP contribution in [0.2, 0.25) is 0 Å². The van der Waals surface area contributed by atoms with Crippen LogP contribution in [-0.2, 0) is 4.74 Å². The lowest BCUT2D eigenvalue weighted by Gasteiger charge is -2.37. The van der Waals surface area contributed by atoms with Crippen molar-refractivity contribution >= 4 is 17.9 Å². The minimum Gasteiger partial charge on any atom is -0.444 e. The second kappa shape index (κ2) is 9.16. The van der Waals surface area contributed by atoms with Gasteiger partial charge in [0.2, 0.25) is 0 Å². The smallest absolute Gasteiger partial charge is 0.410 e. The van der Waals surface area contributed by atoms with Gasteiger partial charge in [-0.25, -0.2) is 4.79 Å². The van der Waals surface area contributed by atoms with Gasteiger partial charge in [-0.15, -0.1) is 0 Å². The summed E-state index contributed by atoms with van der Waals surface area (Å²) in [5, 5.41) is 3.53. The summed E-state index contributed by atoms with van der Waals surface area (Å²) in [6.45, 7) is 18.7. The summed E-state index contributed by atoms with van der Waals surface area (Å²) < 4.78 is 5.83. The molecule has 0 aromatic heterocycles. The third-order valence-electron chi connectivity index (χ3n) is 4.10. The maximum atomic E-state index is 12.4. The van der Waals surface area contributed by atoms with Gasteiger partial charge in [-0.3, -0.25) is 0 Å². The number of thioether (sulfide) groups is 1. The average molecular weight is 347 g/mol. The minimum absolute atomic E-state index is 0.242. The predicted octanol–water partition coefficient (Wildman–Crippen LogP) is 4.53. The Morgan fingerprint density at radius 3 is 1.96 bits per heavy atom. The summed E-state index contributed by atoms with van der Waals surface area (Å²) in [6.07, 6.45) is 4.23. The van der Waals surface area contributed by atoms with Gasteiger partial charge in [-0.1, -0.05) is 13.8 Å². The van der Waals surface area contributed by atoms with Crippen LogP contribution >= 0.6 is 11.8 Å². The number of hydrogen-bond acceptors (Lipinski definition) is 4. The topological polar surface area (TPSA) is 41.6 Å². The summed E-state index contributed by atoms with van der Waals surface area (Å²) in [5.41, 5.74) is -0.720. The Kier molecular flexibility index (Phi) is 9.00. The molecule has 0 radical (unpaired) electrons. The highest BCUT2D eigenvalue weighted by atomic mass is 32.2. The maximum Gasteiger partial charge on any atom is 0.410 e. The summed E-state index contributed by atoms with van der Waals surface area (Å²) in [7, 11) is 0. The fourth-order valence-electron chi connectivity index (χ4n) is 2.39. The second-order valence-electron chi connectivity index (χ2n) is 8.07. The molecule has 0 saturated heterocycles. The normalized spacial score (nSPS) is 13.1. The number of carbonyl (C=O) groups excluding carboxylic acids is 1. The number of nitrogens with one attached hydrogen (secondary N) is 1. The first-order valence-electron chi connectivity index (χ1n) is 8.67. The van der Waals surface area contributed by atoms with E-state index in [0.29, 0.717) is 11.3 Å². The molecule has 138 valence electrons. The van der Waals surface area contributed by atoms with E-state index in [0.717, 1.165) is 25.9 Å². The van der Waals surface area contributed by atoms with Crippen molar-refractivity contribution in [2.24, 2.45) is 0 Å². The lowest BCUT2D eigenvalue weighted by molar-refractivity contribution is 0.00663. The van der Waals surface area contributed by atoms with E-state index in [4.69, 9.17) is 4.74 Å². The highest BCUT2D eigenvalue weighted by molar-refractivity contribution is 8.00. The van der Waals surface area contributed by atoms with Crippen molar-refractivity contribution in [3.8, 4) is 0 Å². The summed E-state index contributed by atoms with van der Waals surface area (Å²) in [5.74, 6) is 0. The van der Waals surface area contributed by atoms with Crippen LogP contribution in [0.15, 0.2) is 0 Å². The minimum atomic E-state index is -0.466. The van der Waals surface area contributed by atoms with Crippen LogP contribution in [0.4, 0.5) is 4.79 Å². The molecule has 1 amide bonds. The van der Waals surface area contributed by atoms with Gasteiger partial charge >= 0.3 is 6.09 Å². The molecular formula is C18H38N2O2S. The molecule has 0 saturated carbocycles. The molecule has 0 rings (SSSR count). The van der Waals surface area contributed by atoms with Crippen LogP contribution in [0.1, 0.15) is 68.2 Å². The quantitative estimate of drug-likeness (QED) is 0.656. The van der Waals surface area contributed by atoms with Crippen LogP contribution in [-0.4, -0.2) is 52.8 Å². The summed E-state index contributed by atoms with van der Waals surface area (Å²) in [4.78, 5) is 14.2. The number of amides is 1. The number of rotatable bonds is 8. The second-order valence-corrected chi connectivity index (χ2v) is 9.35.